The molecule has 5 heteroatoms. The summed E-state index contributed by atoms with van der Waals surface area (Å²) in [5.74, 6) is 0.418. The fourth-order valence-corrected chi connectivity index (χ4v) is 2.60. The van der Waals surface area contributed by atoms with Crippen molar-refractivity contribution in [2.75, 3.05) is 6.54 Å². The van der Waals surface area contributed by atoms with Gasteiger partial charge in [-0.15, -0.1) is 0 Å². The van der Waals surface area contributed by atoms with E-state index in [0.29, 0.717) is 17.9 Å². The smallest absolute Gasteiger partial charge is 0.139 e. The predicted octanol–water partition coefficient (Wildman–Crippen LogP) is 4.64. The Bertz CT molecular complexity index is 542. The molecular formula is C13H12Br2FNO. The second-order valence-electron chi connectivity index (χ2n) is 3.79. The van der Waals surface area contributed by atoms with Crippen molar-refractivity contribution in [2.24, 2.45) is 0 Å². The van der Waals surface area contributed by atoms with Gasteiger partial charge >= 0.3 is 0 Å². The lowest BCUT2D eigenvalue weighted by molar-refractivity contribution is 0.439. The summed E-state index contributed by atoms with van der Waals surface area (Å²) in [4.78, 5) is 0. The number of benzene rings is 1. The minimum absolute atomic E-state index is 0.257. The van der Waals surface area contributed by atoms with Gasteiger partial charge in [0.05, 0.1) is 16.8 Å². The third-order valence-corrected chi connectivity index (χ3v) is 3.73. The van der Waals surface area contributed by atoms with Gasteiger partial charge in [-0.3, -0.25) is 0 Å². The van der Waals surface area contributed by atoms with Crippen molar-refractivity contribution >= 4 is 31.9 Å². The monoisotopic (exact) mass is 375 g/mol. The van der Waals surface area contributed by atoms with Crippen LogP contribution in [-0.2, 0) is 0 Å². The zero-order chi connectivity index (χ0) is 13.1. The van der Waals surface area contributed by atoms with Gasteiger partial charge < -0.3 is 9.73 Å². The molecule has 2 rings (SSSR count). The van der Waals surface area contributed by atoms with Gasteiger partial charge in [-0.25, -0.2) is 4.39 Å². The normalized spacial score (nSPS) is 12.7. The van der Waals surface area contributed by atoms with Crippen LogP contribution in [0.15, 0.2) is 43.9 Å². The van der Waals surface area contributed by atoms with E-state index in [1.54, 1.807) is 24.5 Å². The van der Waals surface area contributed by atoms with Crippen LogP contribution in [0.4, 0.5) is 4.39 Å². The molecule has 2 aromatic rings. The number of hydrogen-bond acceptors (Lipinski definition) is 2. The summed E-state index contributed by atoms with van der Waals surface area (Å²) in [5.41, 5.74) is 0.557. The zero-order valence-electron chi connectivity index (χ0n) is 9.71. The first-order valence-electron chi connectivity index (χ1n) is 5.54. The van der Waals surface area contributed by atoms with E-state index < -0.39 is 0 Å². The van der Waals surface area contributed by atoms with Crippen LogP contribution in [0.25, 0.3) is 0 Å². The number of halogens is 3. The Balaban J connectivity index is 2.48. The van der Waals surface area contributed by atoms with E-state index in [1.165, 1.54) is 6.07 Å². The summed E-state index contributed by atoms with van der Waals surface area (Å²) in [6.45, 7) is 2.68. The predicted molar refractivity (Wildman–Crippen MR) is 76.0 cm³/mol. The molecule has 96 valence electrons. The van der Waals surface area contributed by atoms with Gasteiger partial charge in [-0.1, -0.05) is 22.9 Å². The molecule has 0 aliphatic rings. The van der Waals surface area contributed by atoms with Gasteiger partial charge in [0.1, 0.15) is 11.6 Å². The van der Waals surface area contributed by atoms with E-state index >= 15 is 0 Å². The van der Waals surface area contributed by atoms with Crippen molar-refractivity contribution in [2.45, 2.75) is 13.0 Å². The molecule has 1 unspecified atom stereocenters. The topological polar surface area (TPSA) is 25.2 Å². The maximum atomic E-state index is 13.9. The molecule has 0 radical (unpaired) electrons. The summed E-state index contributed by atoms with van der Waals surface area (Å²) >= 11 is 6.77. The van der Waals surface area contributed by atoms with Crippen LogP contribution in [0.5, 0.6) is 0 Å². The van der Waals surface area contributed by atoms with E-state index in [9.17, 15) is 4.39 Å². The van der Waals surface area contributed by atoms with Crippen LogP contribution in [0.3, 0.4) is 0 Å². The fourth-order valence-electron chi connectivity index (χ4n) is 1.80. The number of furan rings is 1. The Morgan fingerprint density at radius 1 is 1.33 bits per heavy atom. The lowest BCUT2D eigenvalue weighted by Gasteiger charge is -2.17. The minimum atomic E-state index is -0.308. The summed E-state index contributed by atoms with van der Waals surface area (Å²) in [6, 6.07) is 6.38. The lowest BCUT2D eigenvalue weighted by atomic mass is 10.0. The molecule has 1 atom stereocenters. The average Bonchev–Trinajstić information content (AvgIpc) is 2.76. The molecule has 1 aromatic carbocycles. The minimum Gasteiger partial charge on any atom is -0.466 e. The largest absolute Gasteiger partial charge is 0.466 e. The number of rotatable bonds is 4. The van der Waals surface area contributed by atoms with Gasteiger partial charge in [-0.05, 0) is 46.7 Å². The van der Waals surface area contributed by atoms with E-state index in [-0.39, 0.29) is 11.9 Å². The molecule has 0 bridgehead atoms. The highest BCUT2D eigenvalue weighted by Crippen LogP contribution is 2.32. The second kappa shape index (κ2) is 5.99. The Hall–Kier alpha value is -0.650. The van der Waals surface area contributed by atoms with Crippen LogP contribution in [0.1, 0.15) is 24.3 Å². The number of nitrogens with one attached hydrogen (secondary N) is 1. The summed E-state index contributed by atoms with van der Waals surface area (Å²) < 4.78 is 21.0. The highest BCUT2D eigenvalue weighted by atomic mass is 79.9. The van der Waals surface area contributed by atoms with Gasteiger partial charge in [-0.2, -0.15) is 0 Å². The molecule has 0 saturated carbocycles. The zero-order valence-corrected chi connectivity index (χ0v) is 12.9. The van der Waals surface area contributed by atoms with E-state index in [2.05, 4.69) is 37.2 Å². The van der Waals surface area contributed by atoms with Crippen molar-refractivity contribution in [3.63, 3.8) is 0 Å². The van der Waals surface area contributed by atoms with Gasteiger partial charge in [0.2, 0.25) is 0 Å². The molecule has 1 N–H and O–H groups in total. The van der Waals surface area contributed by atoms with E-state index in [4.69, 9.17) is 4.42 Å². The lowest BCUT2D eigenvalue weighted by Crippen LogP contribution is -2.22. The van der Waals surface area contributed by atoms with Crippen molar-refractivity contribution in [3.05, 3.63) is 56.6 Å². The molecule has 0 amide bonds. The third kappa shape index (κ3) is 2.84. The van der Waals surface area contributed by atoms with Gasteiger partial charge in [0, 0.05) is 10.0 Å². The molecule has 0 saturated heterocycles. The summed E-state index contributed by atoms with van der Waals surface area (Å²) in [7, 11) is 0. The molecule has 2 nitrogen and oxygen atoms in total. The molecule has 0 spiro atoms. The van der Waals surface area contributed by atoms with E-state index in [0.717, 1.165) is 8.95 Å². The molecule has 0 fully saturated rings. The van der Waals surface area contributed by atoms with Crippen molar-refractivity contribution in [1.82, 2.24) is 5.32 Å². The molecule has 0 aliphatic heterocycles. The van der Waals surface area contributed by atoms with Crippen molar-refractivity contribution in [3.8, 4) is 0 Å². The maximum absolute atomic E-state index is 13.9. The van der Waals surface area contributed by atoms with E-state index in [1.807, 2.05) is 6.92 Å². The SMILES string of the molecule is CCNC(c1cc(Br)ccc1F)c1occc1Br. The van der Waals surface area contributed by atoms with Crippen LogP contribution in [0.2, 0.25) is 0 Å². The first-order chi connectivity index (χ1) is 8.63. The standard InChI is InChI=1S/C13H12Br2FNO/c1-2-17-12(13-10(15)5-6-18-13)9-7-8(14)3-4-11(9)16/h3-7,12,17H,2H2,1H3. The Morgan fingerprint density at radius 3 is 2.72 bits per heavy atom. The highest BCUT2D eigenvalue weighted by Gasteiger charge is 2.22. The quantitative estimate of drug-likeness (QED) is 0.840. The summed E-state index contributed by atoms with van der Waals surface area (Å²) in [5, 5.41) is 3.23. The van der Waals surface area contributed by atoms with Crippen molar-refractivity contribution in [1.29, 1.82) is 0 Å². The Kier molecular flexibility index (Phi) is 4.59. The Labute approximate surface area is 122 Å². The first-order valence-corrected chi connectivity index (χ1v) is 7.13. The molecular weight excluding hydrogens is 365 g/mol. The van der Waals surface area contributed by atoms with Crippen LogP contribution in [-0.4, -0.2) is 6.54 Å². The maximum Gasteiger partial charge on any atom is 0.139 e. The molecule has 0 aliphatic carbocycles. The molecule has 18 heavy (non-hydrogen) atoms. The fraction of sp³-hybridized carbons (Fsp3) is 0.231. The summed E-state index contributed by atoms with van der Waals surface area (Å²) in [6.07, 6.45) is 1.58. The van der Waals surface area contributed by atoms with Crippen LogP contribution < -0.4 is 5.32 Å². The Morgan fingerprint density at radius 2 is 2.11 bits per heavy atom. The van der Waals surface area contributed by atoms with Gasteiger partial charge in [0.25, 0.3) is 0 Å². The van der Waals surface area contributed by atoms with Crippen molar-refractivity contribution < 1.29 is 8.81 Å². The highest BCUT2D eigenvalue weighted by molar-refractivity contribution is 9.10. The average molecular weight is 377 g/mol. The van der Waals surface area contributed by atoms with Crippen LogP contribution >= 0.6 is 31.9 Å². The van der Waals surface area contributed by atoms with Gasteiger partial charge in [0.15, 0.2) is 0 Å². The second-order valence-corrected chi connectivity index (χ2v) is 5.56. The third-order valence-electron chi connectivity index (χ3n) is 2.58. The van der Waals surface area contributed by atoms with Crippen LogP contribution in [0, 0.1) is 5.82 Å². The molecule has 1 heterocycles. The first kappa shape index (κ1) is 13.8. The number of hydrogen-bond donors (Lipinski definition) is 1. The molecule has 1 aromatic heterocycles.